The van der Waals surface area contributed by atoms with Gasteiger partial charge in [-0.2, -0.15) is 9.97 Å². The van der Waals surface area contributed by atoms with Crippen molar-refractivity contribution < 1.29 is 13.2 Å². The van der Waals surface area contributed by atoms with Crippen LogP contribution in [0, 0.1) is 0 Å². The summed E-state index contributed by atoms with van der Waals surface area (Å²) in [6.07, 6.45) is 2.69. The molecule has 4 aromatic rings. The van der Waals surface area contributed by atoms with Gasteiger partial charge in [0.15, 0.2) is 5.65 Å². The number of hydrogen-bond donors (Lipinski definition) is 1. The maximum atomic E-state index is 12.4. The molecular weight excluding hydrogens is 418 g/mol. The van der Waals surface area contributed by atoms with E-state index in [0.717, 1.165) is 17.3 Å². The van der Waals surface area contributed by atoms with Gasteiger partial charge in [-0.25, -0.2) is 21.9 Å². The lowest BCUT2D eigenvalue weighted by Crippen LogP contribution is -2.44. The predicted octanol–water partition coefficient (Wildman–Crippen LogP) is 1.84. The summed E-state index contributed by atoms with van der Waals surface area (Å²) < 4.78 is 33.5. The molecule has 0 bridgehead atoms. The first-order valence-electron chi connectivity index (χ1n) is 9.98. The van der Waals surface area contributed by atoms with Gasteiger partial charge in [0.1, 0.15) is 5.82 Å². The first-order valence-corrected chi connectivity index (χ1v) is 11.8. The van der Waals surface area contributed by atoms with Crippen molar-refractivity contribution in [3.63, 3.8) is 0 Å². The average Bonchev–Trinajstić information content (AvgIpc) is 3.34. The number of morpholine rings is 1. The summed E-state index contributed by atoms with van der Waals surface area (Å²) in [4.78, 5) is 16.3. The molecule has 3 aromatic heterocycles. The molecule has 0 amide bonds. The number of imidazole rings is 1. The standard InChI is InChI=1S/C20H23N7O3S/c1-13-12-30-11-10-25(13)17-14-8-9-26(31(3,28)29)18(14)24-20(23-17)27-16-7-5-4-6-15(16)22-19(27)21-2/h4-9,13H,10-12H2,1-3H3,(H,21,22)/t13-/m1/s1. The Kier molecular flexibility index (Phi) is 4.59. The van der Waals surface area contributed by atoms with E-state index in [0.29, 0.717) is 48.5 Å². The Balaban J connectivity index is 1.84. The Morgan fingerprint density at radius 3 is 2.71 bits per heavy atom. The van der Waals surface area contributed by atoms with E-state index in [1.54, 1.807) is 13.1 Å². The van der Waals surface area contributed by atoms with Crippen LogP contribution in [0.3, 0.4) is 0 Å². The second-order valence-electron chi connectivity index (χ2n) is 7.59. The van der Waals surface area contributed by atoms with Crippen molar-refractivity contribution in [2.24, 2.45) is 0 Å². The van der Waals surface area contributed by atoms with Crippen LogP contribution in [0.1, 0.15) is 6.92 Å². The lowest BCUT2D eigenvalue weighted by molar-refractivity contribution is 0.0987. The van der Waals surface area contributed by atoms with Gasteiger partial charge in [-0.3, -0.25) is 0 Å². The minimum absolute atomic E-state index is 0.0876. The van der Waals surface area contributed by atoms with Crippen molar-refractivity contribution in [2.45, 2.75) is 13.0 Å². The third-order valence-corrected chi connectivity index (χ3v) is 6.47. The largest absolute Gasteiger partial charge is 0.377 e. The van der Waals surface area contributed by atoms with Gasteiger partial charge in [0.05, 0.1) is 41.9 Å². The Labute approximate surface area is 179 Å². The molecule has 1 aromatic carbocycles. The van der Waals surface area contributed by atoms with Crippen LogP contribution in [-0.4, -0.2) is 71.0 Å². The van der Waals surface area contributed by atoms with E-state index in [2.05, 4.69) is 27.1 Å². The average molecular weight is 442 g/mol. The molecule has 0 aliphatic carbocycles. The van der Waals surface area contributed by atoms with Crippen molar-refractivity contribution in [1.29, 1.82) is 0 Å². The number of hydrogen-bond acceptors (Lipinski definition) is 8. The summed E-state index contributed by atoms with van der Waals surface area (Å²) in [5.41, 5.74) is 1.95. The number of fused-ring (bicyclic) bond motifs is 2. The molecule has 1 fully saturated rings. The van der Waals surface area contributed by atoms with Crippen LogP contribution in [0.4, 0.5) is 11.8 Å². The van der Waals surface area contributed by atoms with Crippen molar-refractivity contribution in [3.05, 3.63) is 36.5 Å². The van der Waals surface area contributed by atoms with Crippen molar-refractivity contribution in [2.75, 3.05) is 43.3 Å². The number of ether oxygens (including phenoxy) is 1. The molecule has 1 N–H and O–H groups in total. The number of nitrogens with zero attached hydrogens (tertiary/aromatic N) is 6. The van der Waals surface area contributed by atoms with E-state index in [9.17, 15) is 8.42 Å². The van der Waals surface area contributed by atoms with Gasteiger partial charge in [0, 0.05) is 19.8 Å². The van der Waals surface area contributed by atoms with Crippen LogP contribution in [-0.2, 0) is 14.8 Å². The van der Waals surface area contributed by atoms with Crippen molar-refractivity contribution in [3.8, 4) is 5.95 Å². The van der Waals surface area contributed by atoms with E-state index in [-0.39, 0.29) is 6.04 Å². The van der Waals surface area contributed by atoms with E-state index in [4.69, 9.17) is 9.72 Å². The van der Waals surface area contributed by atoms with Gasteiger partial charge < -0.3 is 15.0 Å². The number of rotatable bonds is 4. The summed E-state index contributed by atoms with van der Waals surface area (Å²) in [6.45, 7) is 3.86. The van der Waals surface area contributed by atoms with Crippen LogP contribution in [0.5, 0.6) is 0 Å². The summed E-state index contributed by atoms with van der Waals surface area (Å²) in [5, 5.41) is 3.77. The molecule has 5 rings (SSSR count). The van der Waals surface area contributed by atoms with E-state index in [1.165, 1.54) is 10.2 Å². The van der Waals surface area contributed by atoms with Crippen LogP contribution < -0.4 is 10.2 Å². The zero-order valence-corrected chi connectivity index (χ0v) is 18.3. The zero-order chi connectivity index (χ0) is 21.8. The summed E-state index contributed by atoms with van der Waals surface area (Å²) in [5.74, 6) is 1.60. The molecule has 1 aliphatic heterocycles. The molecule has 31 heavy (non-hydrogen) atoms. The molecule has 0 saturated carbocycles. The minimum Gasteiger partial charge on any atom is -0.377 e. The number of anilines is 2. The molecule has 162 valence electrons. The van der Waals surface area contributed by atoms with Gasteiger partial charge >= 0.3 is 0 Å². The smallest absolute Gasteiger partial charge is 0.241 e. The van der Waals surface area contributed by atoms with Gasteiger partial charge in [0.2, 0.25) is 21.9 Å². The topological polar surface area (TPSA) is 107 Å². The molecular formula is C20H23N7O3S. The first kappa shape index (κ1) is 19.8. The van der Waals surface area contributed by atoms with E-state index in [1.807, 2.05) is 28.8 Å². The van der Waals surface area contributed by atoms with Crippen LogP contribution >= 0.6 is 0 Å². The van der Waals surface area contributed by atoms with E-state index >= 15 is 0 Å². The fourth-order valence-electron chi connectivity index (χ4n) is 3.99. The molecule has 1 atom stereocenters. The monoisotopic (exact) mass is 441 g/mol. The molecule has 1 aliphatic rings. The number of nitrogens with one attached hydrogen (secondary N) is 1. The van der Waals surface area contributed by atoms with Crippen LogP contribution in [0.25, 0.3) is 28.0 Å². The van der Waals surface area contributed by atoms with Crippen LogP contribution in [0.2, 0.25) is 0 Å². The maximum absolute atomic E-state index is 12.4. The van der Waals surface area contributed by atoms with E-state index < -0.39 is 10.0 Å². The number of aromatic nitrogens is 5. The molecule has 11 heteroatoms. The number of benzene rings is 1. The highest BCUT2D eigenvalue weighted by molar-refractivity contribution is 7.89. The first-order chi connectivity index (χ1) is 14.9. The Morgan fingerprint density at radius 1 is 1.16 bits per heavy atom. The molecule has 10 nitrogen and oxygen atoms in total. The third-order valence-electron chi connectivity index (χ3n) is 5.46. The second kappa shape index (κ2) is 7.20. The highest BCUT2D eigenvalue weighted by Gasteiger charge is 2.26. The van der Waals surface area contributed by atoms with Gasteiger partial charge in [-0.1, -0.05) is 12.1 Å². The van der Waals surface area contributed by atoms with Gasteiger partial charge in [-0.05, 0) is 25.1 Å². The van der Waals surface area contributed by atoms with Gasteiger partial charge in [-0.15, -0.1) is 0 Å². The normalized spacial score (nSPS) is 17.5. The Hall–Kier alpha value is -3.18. The third kappa shape index (κ3) is 3.20. The van der Waals surface area contributed by atoms with Crippen LogP contribution in [0.15, 0.2) is 36.5 Å². The quantitative estimate of drug-likeness (QED) is 0.511. The molecule has 1 saturated heterocycles. The Morgan fingerprint density at radius 2 is 1.97 bits per heavy atom. The molecule has 0 spiro atoms. The molecule has 4 heterocycles. The highest BCUT2D eigenvalue weighted by Crippen LogP contribution is 2.31. The fraction of sp³-hybridized carbons (Fsp3) is 0.350. The van der Waals surface area contributed by atoms with Gasteiger partial charge in [0.25, 0.3) is 0 Å². The summed E-state index contributed by atoms with van der Waals surface area (Å²) in [6, 6.07) is 9.52. The van der Waals surface area contributed by atoms with Crippen molar-refractivity contribution >= 4 is 43.9 Å². The maximum Gasteiger partial charge on any atom is 0.241 e. The Bertz CT molecular complexity index is 1390. The fourth-order valence-corrected chi connectivity index (χ4v) is 4.72. The SMILES string of the molecule is CNc1nc2ccccc2n1-c1nc(N2CCOC[C@H]2C)c2ccn(S(C)(=O)=O)c2n1. The predicted molar refractivity (Wildman–Crippen MR) is 120 cm³/mol. The van der Waals surface area contributed by atoms with Crippen molar-refractivity contribution in [1.82, 2.24) is 23.5 Å². The molecule has 0 radical (unpaired) electrons. The zero-order valence-electron chi connectivity index (χ0n) is 17.5. The lowest BCUT2D eigenvalue weighted by Gasteiger charge is -2.34. The number of para-hydroxylation sites is 2. The molecule has 0 unspecified atom stereocenters. The highest BCUT2D eigenvalue weighted by atomic mass is 32.2. The summed E-state index contributed by atoms with van der Waals surface area (Å²) in [7, 11) is -1.77. The lowest BCUT2D eigenvalue weighted by atomic mass is 10.2. The minimum atomic E-state index is -3.55. The summed E-state index contributed by atoms with van der Waals surface area (Å²) >= 11 is 0. The second-order valence-corrected chi connectivity index (χ2v) is 9.45.